The monoisotopic (exact) mass is 296 g/mol. The van der Waals surface area contributed by atoms with Gasteiger partial charge in [0, 0.05) is 17.6 Å². The third kappa shape index (κ3) is 2.48. The number of fused-ring (bicyclic) bond motifs is 1. The zero-order valence-electron chi connectivity index (χ0n) is 12.4. The molecule has 0 bridgehead atoms. The van der Waals surface area contributed by atoms with Crippen molar-refractivity contribution in [2.24, 2.45) is 0 Å². The highest BCUT2D eigenvalue weighted by Gasteiger charge is 2.11. The molecule has 0 spiro atoms. The predicted octanol–water partition coefficient (Wildman–Crippen LogP) is 3.63. The summed E-state index contributed by atoms with van der Waals surface area (Å²) in [4.78, 5) is 4.34. The van der Waals surface area contributed by atoms with E-state index in [9.17, 15) is 0 Å². The lowest BCUT2D eigenvalue weighted by molar-refractivity contribution is 0.355. The molecule has 5 nitrogen and oxygen atoms in total. The van der Waals surface area contributed by atoms with Gasteiger partial charge in [-0.2, -0.15) is 0 Å². The minimum absolute atomic E-state index is 0.577. The maximum absolute atomic E-state index is 5.93. The second-order valence-electron chi connectivity index (χ2n) is 4.67. The molecule has 3 rings (SSSR count). The lowest BCUT2D eigenvalue weighted by atomic mass is 10.2. The van der Waals surface area contributed by atoms with Crippen molar-refractivity contribution in [3.8, 4) is 23.0 Å². The first-order valence-electron chi connectivity index (χ1n) is 6.76. The van der Waals surface area contributed by atoms with Crippen molar-refractivity contribution in [1.82, 2.24) is 4.98 Å². The van der Waals surface area contributed by atoms with Crippen molar-refractivity contribution in [1.29, 1.82) is 0 Å². The van der Waals surface area contributed by atoms with E-state index in [-0.39, 0.29) is 0 Å². The summed E-state index contributed by atoms with van der Waals surface area (Å²) in [5.74, 6) is 2.50. The molecule has 0 amide bonds. The van der Waals surface area contributed by atoms with E-state index in [1.165, 1.54) is 0 Å². The SMILES string of the molecule is COc1cc2nccc(Oc3ccccc3N)c2cc1OC. The molecule has 2 N–H and O–H groups in total. The Morgan fingerprint density at radius 1 is 0.864 bits per heavy atom. The standard InChI is InChI=1S/C17H16N2O3/c1-20-16-9-11-13(10-17(16)21-2)19-8-7-14(11)22-15-6-4-3-5-12(15)18/h3-10H,18H2,1-2H3. The van der Waals surface area contributed by atoms with Crippen molar-refractivity contribution in [2.45, 2.75) is 0 Å². The van der Waals surface area contributed by atoms with Crippen LogP contribution in [-0.4, -0.2) is 19.2 Å². The van der Waals surface area contributed by atoms with E-state index in [1.54, 1.807) is 32.5 Å². The van der Waals surface area contributed by atoms with Crippen molar-refractivity contribution in [3.63, 3.8) is 0 Å². The number of ether oxygens (including phenoxy) is 3. The molecule has 2 aromatic carbocycles. The average Bonchev–Trinajstić information content (AvgIpc) is 2.56. The Kier molecular flexibility index (Phi) is 3.70. The molecular weight excluding hydrogens is 280 g/mol. The molecule has 0 saturated heterocycles. The second-order valence-corrected chi connectivity index (χ2v) is 4.67. The molecule has 3 aromatic rings. The van der Waals surface area contributed by atoms with Crippen molar-refractivity contribution >= 4 is 16.6 Å². The fourth-order valence-corrected chi connectivity index (χ4v) is 2.23. The fraction of sp³-hybridized carbons (Fsp3) is 0.118. The quantitative estimate of drug-likeness (QED) is 0.745. The number of benzene rings is 2. The zero-order valence-corrected chi connectivity index (χ0v) is 12.4. The molecule has 0 radical (unpaired) electrons. The first-order chi connectivity index (χ1) is 10.7. The van der Waals surface area contributed by atoms with Crippen LogP contribution in [0.3, 0.4) is 0 Å². The van der Waals surface area contributed by atoms with Gasteiger partial charge in [0.05, 0.1) is 25.4 Å². The highest BCUT2D eigenvalue weighted by molar-refractivity contribution is 5.88. The summed E-state index contributed by atoms with van der Waals surface area (Å²) in [6, 6.07) is 12.8. The maximum atomic E-state index is 5.93. The molecule has 0 aliphatic rings. The van der Waals surface area contributed by atoms with Crippen LogP contribution in [-0.2, 0) is 0 Å². The maximum Gasteiger partial charge on any atom is 0.162 e. The molecule has 0 fully saturated rings. The Hall–Kier alpha value is -2.95. The van der Waals surface area contributed by atoms with E-state index < -0.39 is 0 Å². The third-order valence-electron chi connectivity index (χ3n) is 3.35. The number of hydrogen-bond donors (Lipinski definition) is 1. The van der Waals surface area contributed by atoms with Gasteiger partial charge in [0.25, 0.3) is 0 Å². The lowest BCUT2D eigenvalue weighted by Gasteiger charge is -2.13. The lowest BCUT2D eigenvalue weighted by Crippen LogP contribution is -1.95. The molecule has 0 aliphatic heterocycles. The summed E-state index contributed by atoms with van der Waals surface area (Å²) in [7, 11) is 3.18. The minimum Gasteiger partial charge on any atom is -0.493 e. The number of nitrogens with zero attached hydrogens (tertiary/aromatic N) is 1. The van der Waals surface area contributed by atoms with E-state index >= 15 is 0 Å². The number of methoxy groups -OCH3 is 2. The summed E-state index contributed by atoms with van der Waals surface area (Å²) in [6.45, 7) is 0. The Bertz CT molecular complexity index is 818. The van der Waals surface area contributed by atoms with Crippen molar-refractivity contribution in [3.05, 3.63) is 48.7 Å². The Labute approximate surface area is 128 Å². The van der Waals surface area contributed by atoms with Gasteiger partial charge >= 0.3 is 0 Å². The van der Waals surface area contributed by atoms with E-state index in [0.717, 1.165) is 10.9 Å². The number of anilines is 1. The molecule has 5 heteroatoms. The van der Waals surface area contributed by atoms with Crippen LogP contribution in [0.2, 0.25) is 0 Å². The van der Waals surface area contributed by atoms with Gasteiger partial charge in [0.1, 0.15) is 11.5 Å². The van der Waals surface area contributed by atoms with Crippen LogP contribution in [0.1, 0.15) is 0 Å². The van der Waals surface area contributed by atoms with E-state index in [4.69, 9.17) is 19.9 Å². The van der Waals surface area contributed by atoms with Gasteiger partial charge in [-0.05, 0) is 24.3 Å². The third-order valence-corrected chi connectivity index (χ3v) is 3.35. The summed E-state index contributed by atoms with van der Waals surface area (Å²) in [5, 5.41) is 0.823. The number of hydrogen-bond acceptors (Lipinski definition) is 5. The highest BCUT2D eigenvalue weighted by atomic mass is 16.5. The summed E-state index contributed by atoms with van der Waals surface area (Å²) < 4.78 is 16.6. The summed E-state index contributed by atoms with van der Waals surface area (Å²) >= 11 is 0. The molecule has 0 aliphatic carbocycles. The van der Waals surface area contributed by atoms with Crippen LogP contribution in [0.4, 0.5) is 5.69 Å². The Morgan fingerprint density at radius 2 is 1.59 bits per heavy atom. The van der Waals surface area contributed by atoms with Gasteiger partial charge in [-0.1, -0.05) is 12.1 Å². The number of para-hydroxylation sites is 2. The van der Waals surface area contributed by atoms with Gasteiger partial charge in [-0.15, -0.1) is 0 Å². The highest BCUT2D eigenvalue weighted by Crippen LogP contribution is 2.37. The number of nitrogens with two attached hydrogens (primary N) is 1. The number of pyridine rings is 1. The van der Waals surface area contributed by atoms with Crippen molar-refractivity contribution < 1.29 is 14.2 Å². The van der Waals surface area contributed by atoms with Gasteiger partial charge in [-0.25, -0.2) is 0 Å². The van der Waals surface area contributed by atoms with Gasteiger partial charge in [-0.3, -0.25) is 4.98 Å². The van der Waals surface area contributed by atoms with Crippen LogP contribution >= 0.6 is 0 Å². The summed E-state index contributed by atoms with van der Waals surface area (Å²) in [6.07, 6.45) is 1.68. The first-order valence-corrected chi connectivity index (χ1v) is 6.76. The fourth-order valence-electron chi connectivity index (χ4n) is 2.23. The molecular formula is C17H16N2O3. The minimum atomic E-state index is 0.577. The van der Waals surface area contributed by atoms with Gasteiger partial charge in [0.2, 0.25) is 0 Å². The molecule has 0 atom stereocenters. The average molecular weight is 296 g/mol. The molecule has 0 saturated carbocycles. The van der Waals surface area contributed by atoms with E-state index in [0.29, 0.717) is 28.7 Å². The van der Waals surface area contributed by atoms with Crippen LogP contribution in [0.5, 0.6) is 23.0 Å². The van der Waals surface area contributed by atoms with Crippen LogP contribution in [0.25, 0.3) is 10.9 Å². The Balaban J connectivity index is 2.12. The van der Waals surface area contributed by atoms with Gasteiger partial charge < -0.3 is 19.9 Å². The van der Waals surface area contributed by atoms with Crippen LogP contribution < -0.4 is 19.9 Å². The van der Waals surface area contributed by atoms with E-state index in [1.807, 2.05) is 30.3 Å². The number of nitrogen functional groups attached to an aromatic ring is 1. The zero-order chi connectivity index (χ0) is 15.5. The van der Waals surface area contributed by atoms with Crippen molar-refractivity contribution in [2.75, 3.05) is 20.0 Å². The van der Waals surface area contributed by atoms with Gasteiger partial charge in [0.15, 0.2) is 11.5 Å². The molecule has 0 unspecified atom stereocenters. The predicted molar refractivity (Wildman–Crippen MR) is 85.8 cm³/mol. The number of aromatic nitrogens is 1. The second kappa shape index (κ2) is 5.81. The summed E-state index contributed by atoms with van der Waals surface area (Å²) in [5.41, 5.74) is 7.26. The molecule has 1 heterocycles. The molecule has 112 valence electrons. The van der Waals surface area contributed by atoms with Crippen LogP contribution in [0.15, 0.2) is 48.7 Å². The number of rotatable bonds is 4. The first kappa shape index (κ1) is 14.0. The molecule has 22 heavy (non-hydrogen) atoms. The van der Waals surface area contributed by atoms with Crippen LogP contribution in [0, 0.1) is 0 Å². The largest absolute Gasteiger partial charge is 0.493 e. The Morgan fingerprint density at radius 3 is 2.32 bits per heavy atom. The van der Waals surface area contributed by atoms with E-state index in [2.05, 4.69) is 4.98 Å². The smallest absolute Gasteiger partial charge is 0.162 e. The normalized spacial score (nSPS) is 10.5. The topological polar surface area (TPSA) is 66.6 Å². The molecule has 1 aromatic heterocycles.